The fraction of sp³-hybridized carbons (Fsp3) is 0.667. The summed E-state index contributed by atoms with van der Waals surface area (Å²) in [5.41, 5.74) is 0.0543. The van der Waals surface area contributed by atoms with E-state index >= 15 is 0 Å². The number of nitro groups is 1. The molecule has 1 N–H and O–H groups in total. The van der Waals surface area contributed by atoms with Gasteiger partial charge in [-0.2, -0.15) is 5.10 Å². The second kappa shape index (κ2) is 4.39. The van der Waals surface area contributed by atoms with Crippen LogP contribution in [0, 0.1) is 10.1 Å². The molecule has 1 aliphatic rings. The highest BCUT2D eigenvalue weighted by Crippen LogP contribution is 2.17. The minimum Gasteiger partial charge on any atom is -0.312 e. The molecule has 1 saturated carbocycles. The normalized spacial score (nSPS) is 16.3. The SMILES string of the molecule is O=[N+]([O-])c1cnn(CCNC2CCC2)c1. The van der Waals surface area contributed by atoms with E-state index in [4.69, 9.17) is 0 Å². The Hall–Kier alpha value is -1.43. The third-order valence-electron chi connectivity index (χ3n) is 2.71. The van der Waals surface area contributed by atoms with Crippen molar-refractivity contribution in [3.63, 3.8) is 0 Å². The average Bonchev–Trinajstić information content (AvgIpc) is 2.57. The lowest BCUT2D eigenvalue weighted by Crippen LogP contribution is -2.37. The van der Waals surface area contributed by atoms with Crippen LogP contribution in [0.1, 0.15) is 19.3 Å². The van der Waals surface area contributed by atoms with Gasteiger partial charge in [0.05, 0.1) is 11.5 Å². The fourth-order valence-electron chi connectivity index (χ4n) is 1.56. The van der Waals surface area contributed by atoms with E-state index in [1.165, 1.54) is 31.7 Å². The summed E-state index contributed by atoms with van der Waals surface area (Å²) < 4.78 is 1.60. The zero-order valence-electron chi connectivity index (χ0n) is 8.43. The van der Waals surface area contributed by atoms with Crippen molar-refractivity contribution in [2.45, 2.75) is 31.8 Å². The van der Waals surface area contributed by atoms with Gasteiger partial charge in [0.2, 0.25) is 0 Å². The molecular weight excluding hydrogens is 196 g/mol. The number of aromatic nitrogens is 2. The summed E-state index contributed by atoms with van der Waals surface area (Å²) in [4.78, 5) is 9.96. The van der Waals surface area contributed by atoms with E-state index in [1.807, 2.05) is 0 Å². The molecule has 0 saturated heterocycles. The molecule has 0 aromatic carbocycles. The zero-order valence-corrected chi connectivity index (χ0v) is 8.43. The van der Waals surface area contributed by atoms with Gasteiger partial charge in [-0.3, -0.25) is 14.8 Å². The number of rotatable bonds is 5. The molecule has 1 aromatic heterocycles. The molecule has 6 heteroatoms. The van der Waals surface area contributed by atoms with Gasteiger partial charge in [-0.25, -0.2) is 0 Å². The molecule has 1 fully saturated rings. The summed E-state index contributed by atoms with van der Waals surface area (Å²) in [6.45, 7) is 1.51. The van der Waals surface area contributed by atoms with Crippen LogP contribution in [0.5, 0.6) is 0 Å². The lowest BCUT2D eigenvalue weighted by molar-refractivity contribution is -0.385. The number of hydrogen-bond donors (Lipinski definition) is 1. The van der Waals surface area contributed by atoms with E-state index in [0.717, 1.165) is 6.54 Å². The molecule has 2 rings (SSSR count). The first-order valence-electron chi connectivity index (χ1n) is 5.16. The number of hydrogen-bond acceptors (Lipinski definition) is 4. The Bertz CT molecular complexity index is 346. The smallest absolute Gasteiger partial charge is 0.306 e. The maximum atomic E-state index is 10.4. The average molecular weight is 210 g/mol. The van der Waals surface area contributed by atoms with E-state index < -0.39 is 4.92 Å². The first-order valence-corrected chi connectivity index (χ1v) is 5.16. The van der Waals surface area contributed by atoms with Crippen molar-refractivity contribution in [1.82, 2.24) is 15.1 Å². The second-order valence-corrected chi connectivity index (χ2v) is 3.80. The molecule has 6 nitrogen and oxygen atoms in total. The molecule has 0 unspecified atom stereocenters. The quantitative estimate of drug-likeness (QED) is 0.579. The van der Waals surface area contributed by atoms with Crippen molar-refractivity contribution < 1.29 is 4.92 Å². The first-order chi connectivity index (χ1) is 7.25. The highest BCUT2D eigenvalue weighted by Gasteiger charge is 2.16. The molecule has 1 aromatic rings. The van der Waals surface area contributed by atoms with Gasteiger partial charge in [-0.05, 0) is 12.8 Å². The number of nitrogens with one attached hydrogen (secondary N) is 1. The largest absolute Gasteiger partial charge is 0.312 e. The van der Waals surface area contributed by atoms with Crippen LogP contribution in [0.15, 0.2) is 12.4 Å². The van der Waals surface area contributed by atoms with E-state index in [1.54, 1.807) is 4.68 Å². The van der Waals surface area contributed by atoms with Crippen molar-refractivity contribution in [1.29, 1.82) is 0 Å². The highest BCUT2D eigenvalue weighted by molar-refractivity contribution is 5.20. The lowest BCUT2D eigenvalue weighted by Gasteiger charge is -2.26. The van der Waals surface area contributed by atoms with E-state index in [0.29, 0.717) is 12.6 Å². The van der Waals surface area contributed by atoms with Crippen LogP contribution in [0.2, 0.25) is 0 Å². The van der Waals surface area contributed by atoms with Crippen LogP contribution in [0.25, 0.3) is 0 Å². The summed E-state index contributed by atoms with van der Waals surface area (Å²) in [7, 11) is 0. The molecule has 1 aliphatic carbocycles. The lowest BCUT2D eigenvalue weighted by atomic mass is 9.93. The summed E-state index contributed by atoms with van der Waals surface area (Å²) in [6, 6.07) is 0.649. The molecule has 0 spiro atoms. The van der Waals surface area contributed by atoms with Gasteiger partial charge in [0.15, 0.2) is 0 Å². The van der Waals surface area contributed by atoms with Crippen molar-refractivity contribution in [3.05, 3.63) is 22.5 Å². The van der Waals surface area contributed by atoms with Crippen LogP contribution in [-0.4, -0.2) is 27.3 Å². The molecule has 0 atom stereocenters. The van der Waals surface area contributed by atoms with E-state index in [2.05, 4.69) is 10.4 Å². The molecule has 15 heavy (non-hydrogen) atoms. The van der Waals surface area contributed by atoms with Crippen LogP contribution < -0.4 is 5.32 Å². The molecular formula is C9H14N4O2. The molecule has 0 amide bonds. The molecule has 1 heterocycles. The first kappa shape index (κ1) is 10.1. The zero-order chi connectivity index (χ0) is 10.7. The minimum absolute atomic E-state index is 0.0543. The summed E-state index contributed by atoms with van der Waals surface area (Å²) in [6.07, 6.45) is 6.55. The van der Waals surface area contributed by atoms with Gasteiger partial charge in [-0.1, -0.05) is 6.42 Å². The topological polar surface area (TPSA) is 73.0 Å². The van der Waals surface area contributed by atoms with Gasteiger partial charge in [-0.15, -0.1) is 0 Å². The molecule has 0 radical (unpaired) electrons. The van der Waals surface area contributed by atoms with E-state index in [9.17, 15) is 10.1 Å². The Balaban J connectivity index is 1.75. The fourth-order valence-corrected chi connectivity index (χ4v) is 1.56. The van der Waals surface area contributed by atoms with E-state index in [-0.39, 0.29) is 5.69 Å². The number of nitrogens with zero attached hydrogens (tertiary/aromatic N) is 3. The molecule has 82 valence electrons. The summed E-state index contributed by atoms with van der Waals surface area (Å²) in [5.74, 6) is 0. The molecule has 0 aliphatic heterocycles. The predicted molar refractivity (Wildman–Crippen MR) is 54.5 cm³/mol. The van der Waals surface area contributed by atoms with Gasteiger partial charge in [0.25, 0.3) is 0 Å². The maximum Gasteiger partial charge on any atom is 0.306 e. The summed E-state index contributed by atoms with van der Waals surface area (Å²) in [5, 5.41) is 17.7. The van der Waals surface area contributed by atoms with Crippen molar-refractivity contribution in [2.24, 2.45) is 0 Å². The second-order valence-electron chi connectivity index (χ2n) is 3.80. The standard InChI is InChI=1S/C9H14N4O2/c14-13(15)9-6-11-12(7-9)5-4-10-8-2-1-3-8/h6-8,10H,1-5H2. The minimum atomic E-state index is -0.428. The van der Waals surface area contributed by atoms with Gasteiger partial charge in [0.1, 0.15) is 12.4 Å². The Labute approximate surface area is 87.4 Å². The molecule has 0 bridgehead atoms. The monoisotopic (exact) mass is 210 g/mol. The third kappa shape index (κ3) is 2.53. The Morgan fingerprint density at radius 2 is 2.47 bits per heavy atom. The van der Waals surface area contributed by atoms with Gasteiger partial charge >= 0.3 is 5.69 Å². The highest BCUT2D eigenvalue weighted by atomic mass is 16.6. The van der Waals surface area contributed by atoms with Crippen LogP contribution in [0.4, 0.5) is 5.69 Å². The Kier molecular flexibility index (Phi) is 2.96. The third-order valence-corrected chi connectivity index (χ3v) is 2.71. The van der Waals surface area contributed by atoms with Crippen molar-refractivity contribution in [2.75, 3.05) is 6.54 Å². The van der Waals surface area contributed by atoms with Crippen LogP contribution >= 0.6 is 0 Å². The van der Waals surface area contributed by atoms with Gasteiger partial charge in [0, 0.05) is 12.6 Å². The predicted octanol–water partition coefficient (Wildman–Crippen LogP) is 0.933. The Morgan fingerprint density at radius 1 is 1.67 bits per heavy atom. The van der Waals surface area contributed by atoms with Crippen molar-refractivity contribution in [3.8, 4) is 0 Å². The summed E-state index contributed by atoms with van der Waals surface area (Å²) >= 11 is 0. The Morgan fingerprint density at radius 3 is 3.00 bits per heavy atom. The van der Waals surface area contributed by atoms with Gasteiger partial charge < -0.3 is 5.32 Å². The van der Waals surface area contributed by atoms with Crippen molar-refractivity contribution >= 4 is 5.69 Å². The van der Waals surface area contributed by atoms with Crippen LogP contribution in [0.3, 0.4) is 0 Å². The van der Waals surface area contributed by atoms with Crippen LogP contribution in [-0.2, 0) is 6.54 Å². The maximum absolute atomic E-state index is 10.4.